The highest BCUT2D eigenvalue weighted by Gasteiger charge is 2.18. The van der Waals surface area contributed by atoms with E-state index in [0.29, 0.717) is 16.3 Å². The first-order chi connectivity index (χ1) is 17.6. The van der Waals surface area contributed by atoms with Gasteiger partial charge in [0.2, 0.25) is 0 Å². The van der Waals surface area contributed by atoms with Gasteiger partial charge in [0.1, 0.15) is 16.8 Å². The van der Waals surface area contributed by atoms with E-state index in [0.717, 1.165) is 33.7 Å². The average molecular weight is 515 g/mol. The molecule has 4 aromatic rings. The first-order valence-corrected chi connectivity index (χ1v) is 13.9. The van der Waals surface area contributed by atoms with Crippen LogP contribution in [-0.2, 0) is 16.6 Å². The minimum absolute atomic E-state index is 0.160. The molecule has 36 heavy (non-hydrogen) atoms. The quantitative estimate of drug-likeness (QED) is 0.274. The molecule has 0 fully saturated rings. The number of rotatable bonds is 10. The van der Waals surface area contributed by atoms with Crippen molar-refractivity contribution >= 4 is 22.6 Å². The van der Waals surface area contributed by atoms with E-state index in [-0.39, 0.29) is 11.5 Å². The Bertz CT molecular complexity index is 1360. The van der Waals surface area contributed by atoms with Crippen LogP contribution in [0.2, 0.25) is 0 Å². The van der Waals surface area contributed by atoms with Gasteiger partial charge in [-0.1, -0.05) is 60.7 Å². The lowest BCUT2D eigenvalue weighted by molar-refractivity contribution is 0.224. The summed E-state index contributed by atoms with van der Waals surface area (Å²) in [6, 6.07) is 31.2. The molecular weight excluding hydrogens is 488 g/mol. The zero-order chi connectivity index (χ0) is 25.3. The lowest BCUT2D eigenvalue weighted by Crippen LogP contribution is -2.20. The third-order valence-electron chi connectivity index (χ3n) is 5.53. The monoisotopic (exact) mass is 514 g/mol. The van der Waals surface area contributed by atoms with Crippen molar-refractivity contribution < 1.29 is 14.1 Å². The summed E-state index contributed by atoms with van der Waals surface area (Å²) in [6.07, 6.45) is -0.794. The first kappa shape index (κ1) is 25.6. The van der Waals surface area contributed by atoms with Crippen LogP contribution in [0.25, 0.3) is 22.4 Å². The number of thioether (sulfide) groups is 1. The number of ether oxygens (including phenoxy) is 1. The van der Waals surface area contributed by atoms with Crippen LogP contribution >= 0.6 is 11.8 Å². The Morgan fingerprint density at radius 3 is 2.31 bits per heavy atom. The van der Waals surface area contributed by atoms with E-state index in [4.69, 9.17) is 9.72 Å². The minimum Gasteiger partial charge on any atom is -0.497 e. The van der Waals surface area contributed by atoms with Gasteiger partial charge in [0.15, 0.2) is 0 Å². The molecule has 4 rings (SSSR count). The van der Waals surface area contributed by atoms with Gasteiger partial charge in [-0.05, 0) is 41.5 Å². The summed E-state index contributed by atoms with van der Waals surface area (Å²) < 4.78 is 17.8. The fourth-order valence-electron chi connectivity index (χ4n) is 3.75. The van der Waals surface area contributed by atoms with Crippen LogP contribution < -0.4 is 4.74 Å². The van der Waals surface area contributed by atoms with Crippen LogP contribution in [0.4, 0.5) is 0 Å². The number of aliphatic hydroxyl groups is 1. The predicted octanol–water partition coefficient (Wildman–Crippen LogP) is 5.70. The summed E-state index contributed by atoms with van der Waals surface area (Å²) >= 11 is 1.31. The molecule has 2 atom stereocenters. The molecule has 0 aliphatic rings. The van der Waals surface area contributed by atoms with Crippen molar-refractivity contribution in [2.45, 2.75) is 16.9 Å². The Morgan fingerprint density at radius 2 is 1.67 bits per heavy atom. The van der Waals surface area contributed by atoms with Crippen molar-refractivity contribution in [3.05, 3.63) is 102 Å². The molecule has 1 N–H and O–H groups in total. The van der Waals surface area contributed by atoms with Crippen LogP contribution in [0.3, 0.4) is 0 Å². The van der Waals surface area contributed by atoms with Crippen molar-refractivity contribution in [3.8, 4) is 34.2 Å². The van der Waals surface area contributed by atoms with Crippen molar-refractivity contribution in [1.82, 2.24) is 4.98 Å². The molecule has 0 saturated carbocycles. The molecule has 5 nitrogen and oxygen atoms in total. The summed E-state index contributed by atoms with van der Waals surface area (Å²) in [5, 5.41) is 21.2. The van der Waals surface area contributed by atoms with E-state index < -0.39 is 16.9 Å². The Balaban J connectivity index is 1.58. The zero-order valence-electron chi connectivity index (χ0n) is 19.8. The summed E-state index contributed by atoms with van der Waals surface area (Å²) in [7, 11) is 0.422. The highest BCUT2D eigenvalue weighted by molar-refractivity contribution is 7.99. The molecule has 0 saturated heterocycles. The van der Waals surface area contributed by atoms with Gasteiger partial charge >= 0.3 is 0 Å². The maximum Gasteiger partial charge on any atom is 0.118 e. The summed E-state index contributed by atoms with van der Waals surface area (Å²) in [4.78, 5) is 4.79. The second-order valence-corrected chi connectivity index (χ2v) is 10.7. The number of methoxy groups -OCH3 is 1. The normalized spacial score (nSPS) is 12.5. The number of nitrogens with zero attached hydrogens (tertiary/aromatic N) is 2. The molecule has 3 aromatic carbocycles. The molecule has 0 aliphatic carbocycles. The Kier molecular flexibility index (Phi) is 8.90. The summed E-state index contributed by atoms with van der Waals surface area (Å²) in [5.74, 6) is 1.59. The van der Waals surface area contributed by atoms with Crippen molar-refractivity contribution in [2.24, 2.45) is 0 Å². The van der Waals surface area contributed by atoms with Gasteiger partial charge in [0.25, 0.3) is 0 Å². The standard InChI is InChI=1S/C29H26N2O3S2/c1-34-25-14-12-23(13-15-25)28-16-26(22-10-6-3-7-11-22)27(17-30)29(31-28)35-18-24(32)20-36(33)19-21-8-4-2-5-9-21/h2-16,24,32H,18-20H2,1H3/t24-,36-/m1/s1. The van der Waals surface area contributed by atoms with Gasteiger partial charge in [0, 0.05) is 33.4 Å². The SMILES string of the molecule is COc1ccc(-c2cc(-c3ccccc3)c(C#N)c(SC[C@@H](O)C[S@](=O)Cc3ccccc3)n2)cc1. The maximum absolute atomic E-state index is 12.6. The molecule has 0 bridgehead atoms. The van der Waals surface area contributed by atoms with Gasteiger partial charge in [0.05, 0.1) is 30.2 Å². The third-order valence-corrected chi connectivity index (χ3v) is 8.06. The van der Waals surface area contributed by atoms with Gasteiger partial charge < -0.3 is 9.84 Å². The first-order valence-electron chi connectivity index (χ1n) is 11.4. The van der Waals surface area contributed by atoms with Gasteiger partial charge in [-0.15, -0.1) is 11.8 Å². The number of nitriles is 1. The fourth-order valence-corrected chi connectivity index (χ4v) is 6.06. The highest BCUT2D eigenvalue weighted by Crippen LogP contribution is 2.34. The highest BCUT2D eigenvalue weighted by atomic mass is 32.2. The molecule has 0 amide bonds. The summed E-state index contributed by atoms with van der Waals surface area (Å²) in [5.41, 5.74) is 4.75. The molecular formula is C29H26N2O3S2. The van der Waals surface area contributed by atoms with Crippen molar-refractivity contribution in [3.63, 3.8) is 0 Å². The second kappa shape index (κ2) is 12.5. The largest absolute Gasteiger partial charge is 0.497 e. The number of hydrogen-bond donors (Lipinski definition) is 1. The average Bonchev–Trinajstić information content (AvgIpc) is 2.92. The van der Waals surface area contributed by atoms with E-state index in [1.807, 2.05) is 91.0 Å². The van der Waals surface area contributed by atoms with Crippen LogP contribution in [0, 0.1) is 11.3 Å². The number of aliphatic hydroxyl groups excluding tert-OH is 1. The number of pyridine rings is 1. The fraction of sp³-hybridized carbons (Fsp3) is 0.172. The molecule has 0 radical (unpaired) electrons. The Labute approximate surface area is 218 Å². The van der Waals surface area contributed by atoms with Gasteiger partial charge in [-0.25, -0.2) is 4.98 Å². The molecule has 7 heteroatoms. The van der Waals surface area contributed by atoms with Crippen LogP contribution in [0.5, 0.6) is 5.75 Å². The molecule has 1 aromatic heterocycles. The van der Waals surface area contributed by atoms with E-state index in [2.05, 4.69) is 6.07 Å². The minimum atomic E-state index is -1.20. The van der Waals surface area contributed by atoms with E-state index >= 15 is 0 Å². The molecule has 0 spiro atoms. The number of aromatic nitrogens is 1. The lowest BCUT2D eigenvalue weighted by atomic mass is 9.99. The molecule has 182 valence electrons. The van der Waals surface area contributed by atoms with E-state index in [1.165, 1.54) is 11.8 Å². The van der Waals surface area contributed by atoms with Crippen LogP contribution in [0.15, 0.2) is 96.0 Å². The molecule has 1 heterocycles. The Morgan fingerprint density at radius 1 is 1.00 bits per heavy atom. The number of benzene rings is 3. The van der Waals surface area contributed by atoms with Gasteiger partial charge in [-0.2, -0.15) is 5.26 Å². The number of hydrogen-bond acceptors (Lipinski definition) is 6. The van der Waals surface area contributed by atoms with Crippen molar-refractivity contribution in [2.75, 3.05) is 18.6 Å². The van der Waals surface area contributed by atoms with E-state index in [1.54, 1.807) is 7.11 Å². The maximum atomic E-state index is 12.6. The Hall–Kier alpha value is -3.44. The summed E-state index contributed by atoms with van der Waals surface area (Å²) in [6.45, 7) is 0. The smallest absolute Gasteiger partial charge is 0.118 e. The van der Waals surface area contributed by atoms with E-state index in [9.17, 15) is 14.6 Å². The lowest BCUT2D eigenvalue weighted by Gasteiger charge is -2.14. The molecule has 0 aliphatic heterocycles. The van der Waals surface area contributed by atoms with Crippen molar-refractivity contribution in [1.29, 1.82) is 5.26 Å². The van der Waals surface area contributed by atoms with Gasteiger partial charge in [-0.3, -0.25) is 4.21 Å². The topological polar surface area (TPSA) is 83.2 Å². The predicted molar refractivity (Wildman–Crippen MR) is 146 cm³/mol. The third kappa shape index (κ3) is 6.61. The molecule has 0 unspecified atom stereocenters. The van der Waals surface area contributed by atoms with Crippen LogP contribution in [0.1, 0.15) is 11.1 Å². The van der Waals surface area contributed by atoms with Crippen LogP contribution in [-0.4, -0.2) is 39.0 Å². The zero-order valence-corrected chi connectivity index (χ0v) is 21.5. The second-order valence-electron chi connectivity index (χ2n) is 8.14.